The maximum atomic E-state index is 5.61. The molecule has 4 nitrogen and oxygen atoms in total. The van der Waals surface area contributed by atoms with E-state index in [4.69, 9.17) is 4.74 Å². The van der Waals surface area contributed by atoms with Crippen LogP contribution in [0.15, 0.2) is 30.3 Å². The van der Waals surface area contributed by atoms with Gasteiger partial charge in [0.25, 0.3) is 0 Å². The molecule has 19 heavy (non-hydrogen) atoms. The van der Waals surface area contributed by atoms with Crippen LogP contribution in [0.3, 0.4) is 0 Å². The lowest BCUT2D eigenvalue weighted by molar-refractivity contribution is 0.0415. The number of hydrogen-bond donors (Lipinski definition) is 1. The molecule has 1 aromatic rings. The Morgan fingerprint density at radius 1 is 1.05 bits per heavy atom. The highest BCUT2D eigenvalue weighted by Gasteiger charge is 2.22. The van der Waals surface area contributed by atoms with Gasteiger partial charge < -0.3 is 4.74 Å². The van der Waals surface area contributed by atoms with E-state index >= 15 is 0 Å². The van der Waals surface area contributed by atoms with Crippen LogP contribution in [0, 0.1) is 0 Å². The van der Waals surface area contributed by atoms with Gasteiger partial charge in [-0.05, 0) is 5.56 Å². The molecule has 2 aliphatic rings. The highest BCUT2D eigenvalue weighted by atomic mass is 16.5. The molecule has 0 spiro atoms. The molecule has 1 N–H and O–H groups in total. The van der Waals surface area contributed by atoms with Gasteiger partial charge in [0.05, 0.1) is 6.61 Å². The molecule has 0 aromatic heterocycles. The van der Waals surface area contributed by atoms with Crippen LogP contribution in [-0.4, -0.2) is 61.9 Å². The number of piperazine rings is 1. The maximum absolute atomic E-state index is 5.61. The second-order valence-corrected chi connectivity index (χ2v) is 5.38. The quantitative estimate of drug-likeness (QED) is 0.865. The summed E-state index contributed by atoms with van der Waals surface area (Å²) in [7, 11) is 0. The molecule has 0 bridgehead atoms. The monoisotopic (exact) mass is 261 g/mol. The van der Waals surface area contributed by atoms with E-state index in [1.807, 2.05) is 0 Å². The summed E-state index contributed by atoms with van der Waals surface area (Å²) in [6.45, 7) is 8.56. The van der Waals surface area contributed by atoms with Crippen molar-refractivity contribution in [2.75, 3.05) is 45.9 Å². The number of nitrogens with one attached hydrogen (secondary N) is 1. The van der Waals surface area contributed by atoms with Crippen LogP contribution < -0.4 is 5.32 Å². The van der Waals surface area contributed by atoms with Crippen molar-refractivity contribution in [3.8, 4) is 0 Å². The number of nitrogens with zero attached hydrogens (tertiary/aromatic N) is 2. The fourth-order valence-electron chi connectivity index (χ4n) is 2.80. The van der Waals surface area contributed by atoms with Gasteiger partial charge in [0.1, 0.15) is 6.23 Å². The van der Waals surface area contributed by atoms with Crippen molar-refractivity contribution >= 4 is 0 Å². The molecule has 0 radical (unpaired) electrons. The van der Waals surface area contributed by atoms with Crippen LogP contribution in [0.4, 0.5) is 0 Å². The van der Waals surface area contributed by atoms with Crippen LogP contribution in [0.1, 0.15) is 5.56 Å². The predicted molar refractivity (Wildman–Crippen MR) is 75.9 cm³/mol. The van der Waals surface area contributed by atoms with Gasteiger partial charge in [-0.1, -0.05) is 30.3 Å². The molecule has 2 fully saturated rings. The van der Waals surface area contributed by atoms with E-state index in [1.165, 1.54) is 5.56 Å². The van der Waals surface area contributed by atoms with Gasteiger partial charge in [0, 0.05) is 45.8 Å². The van der Waals surface area contributed by atoms with Crippen molar-refractivity contribution in [3.63, 3.8) is 0 Å². The van der Waals surface area contributed by atoms with Gasteiger partial charge in [0.15, 0.2) is 0 Å². The number of rotatable bonds is 4. The van der Waals surface area contributed by atoms with Crippen LogP contribution in [-0.2, 0) is 11.3 Å². The Labute approximate surface area is 115 Å². The Kier molecular flexibility index (Phi) is 4.45. The Morgan fingerprint density at radius 2 is 1.79 bits per heavy atom. The Bertz CT molecular complexity index is 370. The minimum atomic E-state index is 0.251. The fourth-order valence-corrected chi connectivity index (χ4v) is 2.80. The molecule has 2 heterocycles. The van der Waals surface area contributed by atoms with Crippen LogP contribution in [0.2, 0.25) is 0 Å². The largest absolute Gasteiger partial charge is 0.361 e. The van der Waals surface area contributed by atoms with Crippen molar-refractivity contribution in [2.45, 2.75) is 12.8 Å². The normalized spacial score (nSPS) is 25.8. The van der Waals surface area contributed by atoms with E-state index in [-0.39, 0.29) is 6.23 Å². The van der Waals surface area contributed by atoms with Gasteiger partial charge in [-0.15, -0.1) is 0 Å². The third kappa shape index (κ3) is 3.76. The first-order chi connectivity index (χ1) is 9.40. The van der Waals surface area contributed by atoms with Gasteiger partial charge >= 0.3 is 0 Å². The molecule has 2 saturated heterocycles. The summed E-state index contributed by atoms with van der Waals surface area (Å²) in [5.74, 6) is 0. The molecular formula is C15H23N3O. The van der Waals surface area contributed by atoms with E-state index in [1.54, 1.807) is 0 Å². The Morgan fingerprint density at radius 3 is 2.47 bits per heavy atom. The second kappa shape index (κ2) is 6.48. The zero-order valence-electron chi connectivity index (χ0n) is 11.4. The van der Waals surface area contributed by atoms with Gasteiger partial charge in [-0.25, -0.2) is 0 Å². The zero-order chi connectivity index (χ0) is 12.9. The lowest BCUT2D eigenvalue weighted by atomic mass is 10.2. The summed E-state index contributed by atoms with van der Waals surface area (Å²) in [6.07, 6.45) is 0.251. The maximum Gasteiger partial charge on any atom is 0.121 e. The van der Waals surface area contributed by atoms with Crippen molar-refractivity contribution in [1.29, 1.82) is 0 Å². The number of benzene rings is 1. The molecule has 0 aliphatic carbocycles. The molecule has 3 rings (SSSR count). The molecule has 1 aromatic carbocycles. The molecule has 4 heteroatoms. The molecule has 2 aliphatic heterocycles. The third-order valence-electron chi connectivity index (χ3n) is 3.93. The van der Waals surface area contributed by atoms with Crippen molar-refractivity contribution < 1.29 is 4.74 Å². The molecule has 1 unspecified atom stereocenters. The van der Waals surface area contributed by atoms with Crippen molar-refractivity contribution in [2.24, 2.45) is 0 Å². The minimum Gasteiger partial charge on any atom is -0.361 e. The smallest absolute Gasteiger partial charge is 0.121 e. The predicted octanol–water partition coefficient (Wildman–Crippen LogP) is 0.750. The lowest BCUT2D eigenvalue weighted by Gasteiger charge is -2.35. The highest BCUT2D eigenvalue weighted by Crippen LogP contribution is 2.09. The van der Waals surface area contributed by atoms with Crippen molar-refractivity contribution in [1.82, 2.24) is 15.1 Å². The summed E-state index contributed by atoms with van der Waals surface area (Å²) >= 11 is 0. The SMILES string of the molecule is c1ccc(CN2CCN(CC3NCCO3)CC2)cc1. The molecule has 104 valence electrons. The highest BCUT2D eigenvalue weighted by molar-refractivity contribution is 5.14. The first-order valence-corrected chi connectivity index (χ1v) is 7.24. The molecular weight excluding hydrogens is 238 g/mol. The van der Waals surface area contributed by atoms with E-state index in [0.29, 0.717) is 0 Å². The standard InChI is InChI=1S/C15H23N3O/c1-2-4-14(5-3-1)12-17-7-9-18(10-8-17)13-15-16-6-11-19-15/h1-5,15-16H,6-13H2. The van der Waals surface area contributed by atoms with Gasteiger partial charge in [-0.3, -0.25) is 15.1 Å². The van der Waals surface area contributed by atoms with E-state index in [2.05, 4.69) is 45.4 Å². The summed E-state index contributed by atoms with van der Waals surface area (Å²) in [6, 6.07) is 10.7. The minimum absolute atomic E-state index is 0.251. The fraction of sp³-hybridized carbons (Fsp3) is 0.600. The topological polar surface area (TPSA) is 27.7 Å². The first kappa shape index (κ1) is 13.1. The van der Waals surface area contributed by atoms with E-state index in [0.717, 1.165) is 52.4 Å². The summed E-state index contributed by atoms with van der Waals surface area (Å²) in [4.78, 5) is 5.04. The number of ether oxygens (including phenoxy) is 1. The van der Waals surface area contributed by atoms with E-state index in [9.17, 15) is 0 Å². The van der Waals surface area contributed by atoms with E-state index < -0.39 is 0 Å². The van der Waals surface area contributed by atoms with Crippen molar-refractivity contribution in [3.05, 3.63) is 35.9 Å². The van der Waals surface area contributed by atoms with Crippen LogP contribution in [0.5, 0.6) is 0 Å². The van der Waals surface area contributed by atoms with Crippen LogP contribution in [0.25, 0.3) is 0 Å². The zero-order valence-corrected chi connectivity index (χ0v) is 11.4. The summed E-state index contributed by atoms with van der Waals surface area (Å²) in [5, 5.41) is 3.38. The summed E-state index contributed by atoms with van der Waals surface area (Å²) in [5.41, 5.74) is 1.41. The average Bonchev–Trinajstić information content (AvgIpc) is 2.95. The average molecular weight is 261 g/mol. The number of hydrogen-bond acceptors (Lipinski definition) is 4. The second-order valence-electron chi connectivity index (χ2n) is 5.38. The first-order valence-electron chi connectivity index (χ1n) is 7.24. The summed E-state index contributed by atoms with van der Waals surface area (Å²) < 4.78 is 5.61. The molecule has 0 saturated carbocycles. The van der Waals surface area contributed by atoms with Crippen LogP contribution >= 0.6 is 0 Å². The lowest BCUT2D eigenvalue weighted by Crippen LogP contribution is -2.49. The Balaban J connectivity index is 1.41. The van der Waals surface area contributed by atoms with Gasteiger partial charge in [-0.2, -0.15) is 0 Å². The molecule has 0 amide bonds. The third-order valence-corrected chi connectivity index (χ3v) is 3.93. The van der Waals surface area contributed by atoms with Gasteiger partial charge in [0.2, 0.25) is 0 Å². The Hall–Kier alpha value is -0.940. The molecule has 1 atom stereocenters.